The minimum atomic E-state index is 0.727. The molecule has 0 aliphatic rings. The average Bonchev–Trinajstić information content (AvgIpc) is 2.86. The molecule has 84 valence electrons. The van der Waals surface area contributed by atoms with Crippen molar-refractivity contribution in [1.82, 2.24) is 9.55 Å². The number of hydrogen-bond acceptors (Lipinski definition) is 3. The molecule has 0 bridgehead atoms. The Morgan fingerprint density at radius 2 is 2.44 bits per heavy atom. The first-order valence-electron chi connectivity index (χ1n) is 4.89. The van der Waals surface area contributed by atoms with E-state index in [2.05, 4.69) is 49.5 Å². The predicted octanol–water partition coefficient (Wildman–Crippen LogP) is 3.35. The molecule has 0 atom stereocenters. The molecule has 5 heteroatoms. The molecule has 0 aliphatic carbocycles. The van der Waals surface area contributed by atoms with Crippen molar-refractivity contribution in [3.8, 4) is 0 Å². The van der Waals surface area contributed by atoms with Crippen LogP contribution in [0.5, 0.6) is 0 Å². The van der Waals surface area contributed by atoms with E-state index in [4.69, 9.17) is 0 Å². The van der Waals surface area contributed by atoms with Crippen LogP contribution in [0.1, 0.15) is 4.88 Å². The lowest BCUT2D eigenvalue weighted by Crippen LogP contribution is -2.07. The maximum Gasteiger partial charge on any atom is 0.203 e. The molecule has 16 heavy (non-hydrogen) atoms. The molecule has 0 saturated heterocycles. The van der Waals surface area contributed by atoms with Gasteiger partial charge >= 0.3 is 0 Å². The Balaban J connectivity index is 2.09. The highest BCUT2D eigenvalue weighted by Gasteiger charge is 2.03. The first-order chi connectivity index (χ1) is 7.79. The fourth-order valence-electron chi connectivity index (χ4n) is 1.37. The molecule has 0 fully saturated rings. The second-order valence-corrected chi connectivity index (χ2v) is 5.80. The van der Waals surface area contributed by atoms with Gasteiger partial charge in [-0.1, -0.05) is 6.08 Å². The highest BCUT2D eigenvalue weighted by molar-refractivity contribution is 9.11. The summed E-state index contributed by atoms with van der Waals surface area (Å²) >= 11 is 5.20. The number of nitrogens with zero attached hydrogens (tertiary/aromatic N) is 2. The zero-order valence-corrected chi connectivity index (χ0v) is 11.1. The second-order valence-electron chi connectivity index (χ2n) is 3.25. The molecule has 0 radical (unpaired) electrons. The van der Waals surface area contributed by atoms with Gasteiger partial charge < -0.3 is 9.88 Å². The van der Waals surface area contributed by atoms with Crippen molar-refractivity contribution in [2.24, 2.45) is 0 Å². The number of thiophene rings is 1. The van der Waals surface area contributed by atoms with E-state index in [1.807, 2.05) is 12.3 Å². The fraction of sp³-hybridized carbons (Fsp3) is 0.182. The standard InChI is InChI=1S/C11H12BrN3S/c1-2-5-13-11-14-6-7-15(11)8-9-3-4-10(12)16-9/h2-4,6-7H,1,5,8H2,(H,13,14). The SMILES string of the molecule is C=CCNc1nccn1Cc1ccc(Br)s1. The quantitative estimate of drug-likeness (QED) is 0.858. The van der Waals surface area contributed by atoms with Crippen LogP contribution in [-0.2, 0) is 6.54 Å². The molecule has 2 aromatic heterocycles. The van der Waals surface area contributed by atoms with Crippen molar-refractivity contribution in [2.45, 2.75) is 6.54 Å². The molecule has 0 unspecified atom stereocenters. The van der Waals surface area contributed by atoms with Crippen molar-refractivity contribution < 1.29 is 0 Å². The first-order valence-corrected chi connectivity index (χ1v) is 6.50. The Morgan fingerprint density at radius 1 is 1.56 bits per heavy atom. The topological polar surface area (TPSA) is 29.9 Å². The first kappa shape index (κ1) is 11.4. The normalized spacial score (nSPS) is 10.3. The van der Waals surface area contributed by atoms with Crippen LogP contribution in [0.2, 0.25) is 0 Å². The Bertz CT molecular complexity index is 475. The van der Waals surface area contributed by atoms with Gasteiger partial charge in [-0.25, -0.2) is 4.98 Å². The van der Waals surface area contributed by atoms with E-state index >= 15 is 0 Å². The molecule has 0 amide bonds. The van der Waals surface area contributed by atoms with E-state index in [0.717, 1.165) is 22.8 Å². The van der Waals surface area contributed by atoms with Gasteiger partial charge in [0.1, 0.15) is 0 Å². The summed E-state index contributed by atoms with van der Waals surface area (Å²) < 4.78 is 3.24. The van der Waals surface area contributed by atoms with Crippen LogP contribution < -0.4 is 5.32 Å². The fourth-order valence-corrected chi connectivity index (χ4v) is 2.85. The molecule has 3 nitrogen and oxygen atoms in total. The van der Waals surface area contributed by atoms with Gasteiger partial charge in [-0.15, -0.1) is 17.9 Å². The van der Waals surface area contributed by atoms with Gasteiger partial charge in [0.15, 0.2) is 0 Å². The summed E-state index contributed by atoms with van der Waals surface area (Å²) in [5.74, 6) is 0.879. The molecule has 2 aromatic rings. The predicted molar refractivity (Wildman–Crippen MR) is 72.0 cm³/mol. The minimum Gasteiger partial charge on any atom is -0.352 e. The Kier molecular flexibility index (Phi) is 3.79. The highest BCUT2D eigenvalue weighted by atomic mass is 79.9. The van der Waals surface area contributed by atoms with Crippen molar-refractivity contribution in [3.05, 3.63) is 45.8 Å². The van der Waals surface area contributed by atoms with Crippen LogP contribution in [0, 0.1) is 0 Å². The molecule has 0 saturated carbocycles. The largest absolute Gasteiger partial charge is 0.352 e. The Labute approximate surface area is 107 Å². The van der Waals surface area contributed by atoms with Gasteiger partial charge in [-0.05, 0) is 28.1 Å². The zero-order valence-electron chi connectivity index (χ0n) is 8.69. The lowest BCUT2D eigenvalue weighted by Gasteiger charge is -2.06. The maximum absolute atomic E-state index is 4.25. The summed E-state index contributed by atoms with van der Waals surface area (Å²) in [6.07, 6.45) is 5.59. The molecule has 2 rings (SSSR count). The molecular formula is C11H12BrN3S. The molecule has 2 heterocycles. The molecular weight excluding hydrogens is 286 g/mol. The number of rotatable bonds is 5. The lowest BCUT2D eigenvalue weighted by molar-refractivity contribution is 0.814. The van der Waals surface area contributed by atoms with E-state index in [-0.39, 0.29) is 0 Å². The number of hydrogen-bond donors (Lipinski definition) is 1. The number of anilines is 1. The Morgan fingerprint density at radius 3 is 3.12 bits per heavy atom. The van der Waals surface area contributed by atoms with Crippen LogP contribution in [0.4, 0.5) is 5.95 Å². The van der Waals surface area contributed by atoms with Gasteiger partial charge in [0.25, 0.3) is 0 Å². The van der Waals surface area contributed by atoms with Gasteiger partial charge in [0.05, 0.1) is 10.3 Å². The summed E-state index contributed by atoms with van der Waals surface area (Å²) in [5, 5.41) is 3.20. The summed E-state index contributed by atoms with van der Waals surface area (Å²) in [6.45, 7) is 5.24. The highest BCUT2D eigenvalue weighted by Crippen LogP contribution is 2.23. The Hall–Kier alpha value is -1.07. The van der Waals surface area contributed by atoms with E-state index in [0.29, 0.717) is 0 Å². The molecule has 0 spiro atoms. The zero-order chi connectivity index (χ0) is 11.4. The van der Waals surface area contributed by atoms with Crippen molar-refractivity contribution in [3.63, 3.8) is 0 Å². The van der Waals surface area contributed by atoms with Gasteiger partial charge in [0.2, 0.25) is 5.95 Å². The van der Waals surface area contributed by atoms with Crippen LogP contribution in [0.15, 0.2) is 41.0 Å². The van der Waals surface area contributed by atoms with E-state index in [9.17, 15) is 0 Å². The number of nitrogens with one attached hydrogen (secondary N) is 1. The summed E-state index contributed by atoms with van der Waals surface area (Å²) in [4.78, 5) is 5.55. The third-order valence-corrected chi connectivity index (χ3v) is 3.68. The lowest BCUT2D eigenvalue weighted by atomic mass is 10.4. The van der Waals surface area contributed by atoms with Gasteiger partial charge in [-0.2, -0.15) is 0 Å². The van der Waals surface area contributed by atoms with Crippen LogP contribution in [0.25, 0.3) is 0 Å². The van der Waals surface area contributed by atoms with Crippen LogP contribution in [-0.4, -0.2) is 16.1 Å². The monoisotopic (exact) mass is 297 g/mol. The van der Waals surface area contributed by atoms with Gasteiger partial charge in [0, 0.05) is 23.8 Å². The van der Waals surface area contributed by atoms with Crippen LogP contribution >= 0.6 is 27.3 Å². The van der Waals surface area contributed by atoms with E-state index in [1.54, 1.807) is 17.5 Å². The molecule has 0 aromatic carbocycles. The second kappa shape index (κ2) is 5.32. The number of halogens is 1. The number of aromatic nitrogens is 2. The maximum atomic E-state index is 4.25. The summed E-state index contributed by atoms with van der Waals surface area (Å²) in [6, 6.07) is 4.18. The van der Waals surface area contributed by atoms with Crippen molar-refractivity contribution >= 4 is 33.2 Å². The average molecular weight is 298 g/mol. The minimum absolute atomic E-state index is 0.727. The molecule has 1 N–H and O–H groups in total. The summed E-state index contributed by atoms with van der Waals surface area (Å²) in [7, 11) is 0. The summed E-state index contributed by atoms with van der Waals surface area (Å²) in [5.41, 5.74) is 0. The smallest absolute Gasteiger partial charge is 0.203 e. The third kappa shape index (κ3) is 2.74. The number of imidazole rings is 1. The van der Waals surface area contributed by atoms with Gasteiger partial charge in [-0.3, -0.25) is 0 Å². The van der Waals surface area contributed by atoms with Crippen LogP contribution in [0.3, 0.4) is 0 Å². The van der Waals surface area contributed by atoms with Crippen molar-refractivity contribution in [1.29, 1.82) is 0 Å². The van der Waals surface area contributed by atoms with E-state index in [1.165, 1.54) is 4.88 Å². The molecule has 0 aliphatic heterocycles. The van der Waals surface area contributed by atoms with E-state index < -0.39 is 0 Å². The third-order valence-electron chi connectivity index (χ3n) is 2.08. The van der Waals surface area contributed by atoms with Crippen molar-refractivity contribution in [2.75, 3.05) is 11.9 Å².